The molecule has 0 radical (unpaired) electrons. The van der Waals surface area contributed by atoms with Crippen molar-refractivity contribution in [1.82, 2.24) is 25.4 Å². The zero-order valence-electron chi connectivity index (χ0n) is 15.3. The Balaban J connectivity index is 0.00000243. The van der Waals surface area contributed by atoms with Crippen LogP contribution < -0.4 is 20.1 Å². The normalized spacial score (nSPS) is 13.6. The lowest BCUT2D eigenvalue weighted by Gasteiger charge is -2.15. The number of nitrogens with zero attached hydrogens (tertiary/aromatic N) is 4. The molecule has 1 aromatic heterocycles. The molecule has 8 nitrogen and oxygen atoms in total. The molecule has 1 aliphatic rings. The Morgan fingerprint density at radius 1 is 1.19 bits per heavy atom. The quantitative estimate of drug-likeness (QED) is 0.401. The number of guanidine groups is 1. The van der Waals surface area contributed by atoms with Gasteiger partial charge in [0.05, 0.1) is 19.8 Å². The second kappa shape index (κ2) is 9.60. The molecule has 1 aromatic carbocycles. The van der Waals surface area contributed by atoms with Crippen LogP contribution in [-0.2, 0) is 20.1 Å². The van der Waals surface area contributed by atoms with Gasteiger partial charge in [0.25, 0.3) is 0 Å². The molecule has 26 heavy (non-hydrogen) atoms. The molecule has 0 aliphatic carbocycles. The number of fused-ring (bicyclic) bond motifs is 1. The van der Waals surface area contributed by atoms with Gasteiger partial charge in [-0.1, -0.05) is 12.1 Å². The SMILES string of the molecule is CN=C(NCc1cccc2c1OCCCO2)NCc1nnc(C)n1C.I. The first-order valence-electron chi connectivity index (χ1n) is 8.36. The minimum Gasteiger partial charge on any atom is -0.490 e. The molecule has 2 aromatic rings. The summed E-state index contributed by atoms with van der Waals surface area (Å²) < 4.78 is 13.5. The van der Waals surface area contributed by atoms with Crippen molar-refractivity contribution in [2.45, 2.75) is 26.4 Å². The fourth-order valence-electron chi connectivity index (χ4n) is 2.56. The van der Waals surface area contributed by atoms with E-state index in [-0.39, 0.29) is 24.0 Å². The third-order valence-electron chi connectivity index (χ3n) is 4.12. The predicted molar refractivity (Wildman–Crippen MR) is 110 cm³/mol. The molecule has 2 heterocycles. The molecule has 0 amide bonds. The lowest BCUT2D eigenvalue weighted by molar-refractivity contribution is 0.296. The largest absolute Gasteiger partial charge is 0.490 e. The summed E-state index contributed by atoms with van der Waals surface area (Å²) in [6.45, 7) is 4.41. The van der Waals surface area contributed by atoms with E-state index in [1.54, 1.807) is 7.05 Å². The van der Waals surface area contributed by atoms with Crippen LogP contribution >= 0.6 is 24.0 Å². The number of rotatable bonds is 4. The van der Waals surface area contributed by atoms with Gasteiger partial charge in [0.1, 0.15) is 5.82 Å². The van der Waals surface area contributed by atoms with E-state index in [2.05, 4.69) is 25.8 Å². The lowest BCUT2D eigenvalue weighted by atomic mass is 10.2. The highest BCUT2D eigenvalue weighted by atomic mass is 127. The van der Waals surface area contributed by atoms with Crippen LogP contribution in [0.5, 0.6) is 11.5 Å². The number of aryl methyl sites for hydroxylation is 1. The maximum absolute atomic E-state index is 5.85. The second-order valence-corrected chi connectivity index (χ2v) is 5.80. The van der Waals surface area contributed by atoms with Crippen molar-refractivity contribution in [3.8, 4) is 11.5 Å². The van der Waals surface area contributed by atoms with Gasteiger partial charge >= 0.3 is 0 Å². The molecular formula is C17H25IN6O2. The second-order valence-electron chi connectivity index (χ2n) is 5.80. The van der Waals surface area contributed by atoms with Crippen molar-refractivity contribution in [3.63, 3.8) is 0 Å². The highest BCUT2D eigenvalue weighted by Crippen LogP contribution is 2.33. The summed E-state index contributed by atoms with van der Waals surface area (Å²) in [6.07, 6.45) is 0.891. The van der Waals surface area contributed by atoms with Gasteiger partial charge in [0.15, 0.2) is 23.3 Å². The van der Waals surface area contributed by atoms with Crippen LogP contribution in [0.2, 0.25) is 0 Å². The van der Waals surface area contributed by atoms with Crippen molar-refractivity contribution < 1.29 is 9.47 Å². The van der Waals surface area contributed by atoms with Gasteiger partial charge in [-0.2, -0.15) is 0 Å². The molecule has 0 spiro atoms. The number of aliphatic imine (C=N–C) groups is 1. The number of ether oxygens (including phenoxy) is 2. The predicted octanol–water partition coefficient (Wildman–Crippen LogP) is 1.77. The number of para-hydroxylation sites is 1. The van der Waals surface area contributed by atoms with E-state index in [0.717, 1.165) is 35.1 Å². The molecule has 3 rings (SSSR count). The minimum atomic E-state index is 0. The number of nitrogens with one attached hydrogen (secondary N) is 2. The molecule has 1 aliphatic heterocycles. The van der Waals surface area contributed by atoms with Crippen LogP contribution in [-0.4, -0.2) is 41.0 Å². The number of hydrogen-bond donors (Lipinski definition) is 2. The van der Waals surface area contributed by atoms with Gasteiger partial charge in [-0.3, -0.25) is 4.99 Å². The zero-order chi connectivity index (χ0) is 17.6. The smallest absolute Gasteiger partial charge is 0.191 e. The summed E-state index contributed by atoms with van der Waals surface area (Å²) in [5, 5.41) is 14.7. The Morgan fingerprint density at radius 2 is 1.96 bits per heavy atom. The number of hydrogen-bond acceptors (Lipinski definition) is 5. The molecule has 2 N–H and O–H groups in total. The first kappa shape index (κ1) is 20.3. The highest BCUT2D eigenvalue weighted by molar-refractivity contribution is 14.0. The van der Waals surface area contributed by atoms with Crippen LogP contribution in [0.15, 0.2) is 23.2 Å². The Kier molecular flexibility index (Phi) is 7.49. The molecule has 0 bridgehead atoms. The lowest BCUT2D eigenvalue weighted by Crippen LogP contribution is -2.37. The molecule has 0 saturated heterocycles. The number of halogens is 1. The summed E-state index contributed by atoms with van der Waals surface area (Å²) in [5.74, 6) is 4.03. The zero-order valence-corrected chi connectivity index (χ0v) is 17.6. The molecule has 0 saturated carbocycles. The van der Waals surface area contributed by atoms with Gasteiger partial charge in [-0.05, 0) is 13.0 Å². The van der Waals surface area contributed by atoms with Crippen molar-refractivity contribution in [2.75, 3.05) is 20.3 Å². The Labute approximate surface area is 170 Å². The van der Waals surface area contributed by atoms with Gasteiger partial charge in [0, 0.05) is 32.6 Å². The fraction of sp³-hybridized carbons (Fsp3) is 0.471. The Bertz CT molecular complexity index is 762. The van der Waals surface area contributed by atoms with Crippen LogP contribution in [0, 0.1) is 6.92 Å². The molecule has 142 valence electrons. The first-order valence-corrected chi connectivity index (χ1v) is 8.36. The molecular weight excluding hydrogens is 447 g/mol. The Hall–Kier alpha value is -2.04. The van der Waals surface area contributed by atoms with E-state index in [1.165, 1.54) is 0 Å². The van der Waals surface area contributed by atoms with Crippen LogP contribution in [0.25, 0.3) is 0 Å². The fourth-order valence-corrected chi connectivity index (χ4v) is 2.56. The van der Waals surface area contributed by atoms with E-state index >= 15 is 0 Å². The van der Waals surface area contributed by atoms with Gasteiger partial charge < -0.3 is 24.7 Å². The van der Waals surface area contributed by atoms with Gasteiger partial charge in [-0.15, -0.1) is 34.2 Å². The van der Waals surface area contributed by atoms with Crippen molar-refractivity contribution in [1.29, 1.82) is 0 Å². The van der Waals surface area contributed by atoms with Crippen LogP contribution in [0.3, 0.4) is 0 Å². The van der Waals surface area contributed by atoms with Gasteiger partial charge in [0.2, 0.25) is 0 Å². The van der Waals surface area contributed by atoms with E-state index in [9.17, 15) is 0 Å². The molecule has 0 unspecified atom stereocenters. The minimum absolute atomic E-state index is 0. The summed E-state index contributed by atoms with van der Waals surface area (Å²) in [6, 6.07) is 5.94. The third kappa shape index (κ3) is 4.77. The van der Waals surface area contributed by atoms with E-state index in [1.807, 2.05) is 36.7 Å². The number of benzene rings is 1. The average Bonchev–Trinajstić information content (AvgIpc) is 2.82. The van der Waals surface area contributed by atoms with Gasteiger partial charge in [-0.25, -0.2) is 0 Å². The standard InChI is InChI=1S/C17H24N6O2.HI/c1-12-21-22-15(23(12)3)11-20-17(18-2)19-10-13-6-4-7-14-16(13)25-9-5-8-24-14;/h4,6-7H,5,8-11H2,1-3H3,(H2,18,19,20);1H. The third-order valence-corrected chi connectivity index (χ3v) is 4.12. The van der Waals surface area contributed by atoms with Crippen molar-refractivity contribution in [2.24, 2.45) is 12.0 Å². The van der Waals surface area contributed by atoms with Crippen molar-refractivity contribution in [3.05, 3.63) is 35.4 Å². The number of aromatic nitrogens is 3. The maximum Gasteiger partial charge on any atom is 0.191 e. The molecule has 0 atom stereocenters. The molecule has 9 heteroatoms. The highest BCUT2D eigenvalue weighted by Gasteiger charge is 2.14. The maximum atomic E-state index is 5.85. The first-order chi connectivity index (χ1) is 12.2. The van der Waals surface area contributed by atoms with Crippen LogP contribution in [0.4, 0.5) is 0 Å². The van der Waals surface area contributed by atoms with Crippen LogP contribution in [0.1, 0.15) is 23.6 Å². The van der Waals surface area contributed by atoms with E-state index in [4.69, 9.17) is 9.47 Å². The Morgan fingerprint density at radius 3 is 2.69 bits per heavy atom. The summed E-state index contributed by atoms with van der Waals surface area (Å²) >= 11 is 0. The average molecular weight is 472 g/mol. The van der Waals surface area contributed by atoms with E-state index < -0.39 is 0 Å². The monoisotopic (exact) mass is 472 g/mol. The summed E-state index contributed by atoms with van der Waals surface area (Å²) in [7, 11) is 3.68. The van der Waals surface area contributed by atoms with Crippen molar-refractivity contribution >= 4 is 29.9 Å². The topological polar surface area (TPSA) is 85.6 Å². The van der Waals surface area contributed by atoms with E-state index in [0.29, 0.717) is 32.3 Å². The molecule has 0 fully saturated rings. The summed E-state index contributed by atoms with van der Waals surface area (Å²) in [5.41, 5.74) is 1.04. The summed E-state index contributed by atoms with van der Waals surface area (Å²) in [4.78, 5) is 4.25.